The zero-order chi connectivity index (χ0) is 20.9. The van der Waals surface area contributed by atoms with Crippen molar-refractivity contribution in [3.63, 3.8) is 0 Å². The first kappa shape index (κ1) is 21.9. The minimum Gasteiger partial charge on any atom is -0.326 e. The van der Waals surface area contributed by atoms with Crippen LogP contribution >= 0.6 is 11.8 Å². The summed E-state index contributed by atoms with van der Waals surface area (Å²) in [5, 5.41) is 3.35. The van der Waals surface area contributed by atoms with Crippen LogP contribution in [-0.2, 0) is 21.4 Å². The minimum atomic E-state index is -3.46. The van der Waals surface area contributed by atoms with Gasteiger partial charge < -0.3 is 9.88 Å². The van der Waals surface area contributed by atoms with Crippen LogP contribution in [0.4, 0.5) is 5.69 Å². The van der Waals surface area contributed by atoms with Gasteiger partial charge >= 0.3 is 0 Å². The quantitative estimate of drug-likeness (QED) is 0.640. The Morgan fingerprint density at radius 3 is 2.55 bits per heavy atom. The van der Waals surface area contributed by atoms with Gasteiger partial charge in [-0.05, 0) is 50.5 Å². The first-order valence-corrected chi connectivity index (χ1v) is 12.3. The molecule has 1 unspecified atom stereocenters. The fraction of sp³-hybridized carbons (Fsp3) is 0.500. The molecule has 1 aromatic carbocycles. The Kier molecular flexibility index (Phi) is 7.37. The number of hydrogen-bond donors (Lipinski definition) is 1. The number of amides is 1. The summed E-state index contributed by atoms with van der Waals surface area (Å²) in [6.45, 7) is 5.94. The predicted octanol–water partition coefficient (Wildman–Crippen LogP) is 3.59. The molecular formula is C20H28N4O3S2. The SMILES string of the molecule is CCCn1ccnc1SC(C)C(=O)Nc1ccc(S(=O)(=O)N2CCCCC2)cc1. The maximum Gasteiger partial charge on any atom is 0.243 e. The maximum absolute atomic E-state index is 12.7. The van der Waals surface area contributed by atoms with Crippen LogP contribution in [0.3, 0.4) is 0 Å². The van der Waals surface area contributed by atoms with Gasteiger partial charge in [-0.25, -0.2) is 13.4 Å². The van der Waals surface area contributed by atoms with Gasteiger partial charge in [0.25, 0.3) is 0 Å². The molecule has 1 amide bonds. The van der Waals surface area contributed by atoms with Crippen molar-refractivity contribution < 1.29 is 13.2 Å². The van der Waals surface area contributed by atoms with Gasteiger partial charge in [-0.1, -0.05) is 25.1 Å². The molecule has 3 rings (SSSR count). The molecule has 1 atom stereocenters. The second-order valence-corrected chi connectivity index (χ2v) is 10.4. The predicted molar refractivity (Wildman–Crippen MR) is 116 cm³/mol. The van der Waals surface area contributed by atoms with Crippen LogP contribution in [0.15, 0.2) is 46.7 Å². The summed E-state index contributed by atoms with van der Waals surface area (Å²) in [6.07, 6.45) is 7.53. The molecule has 0 radical (unpaired) electrons. The minimum absolute atomic E-state index is 0.146. The Morgan fingerprint density at radius 2 is 1.90 bits per heavy atom. The number of aromatic nitrogens is 2. The van der Waals surface area contributed by atoms with Gasteiger partial charge in [-0.15, -0.1) is 0 Å². The molecule has 1 fully saturated rings. The number of aryl methyl sites for hydroxylation is 1. The van der Waals surface area contributed by atoms with Crippen molar-refractivity contribution in [2.24, 2.45) is 0 Å². The van der Waals surface area contributed by atoms with Gasteiger partial charge in [0.1, 0.15) is 0 Å². The van der Waals surface area contributed by atoms with E-state index in [4.69, 9.17) is 0 Å². The Labute approximate surface area is 176 Å². The van der Waals surface area contributed by atoms with Crippen LogP contribution < -0.4 is 5.32 Å². The smallest absolute Gasteiger partial charge is 0.243 e. The topological polar surface area (TPSA) is 84.3 Å². The molecule has 1 saturated heterocycles. The van der Waals surface area contributed by atoms with Crippen molar-refractivity contribution in [1.82, 2.24) is 13.9 Å². The van der Waals surface area contributed by atoms with E-state index < -0.39 is 10.0 Å². The highest BCUT2D eigenvalue weighted by Crippen LogP contribution is 2.25. The van der Waals surface area contributed by atoms with Gasteiger partial charge in [-0.3, -0.25) is 4.79 Å². The molecule has 1 aliphatic rings. The summed E-state index contributed by atoms with van der Waals surface area (Å²) in [5.41, 5.74) is 0.581. The molecule has 0 saturated carbocycles. The molecular weight excluding hydrogens is 408 g/mol. The fourth-order valence-electron chi connectivity index (χ4n) is 3.24. The molecule has 2 aromatic rings. The molecule has 7 nitrogen and oxygen atoms in total. The Hall–Kier alpha value is -1.84. The number of piperidine rings is 1. The molecule has 1 N–H and O–H groups in total. The summed E-state index contributed by atoms with van der Waals surface area (Å²) < 4.78 is 29.0. The van der Waals surface area contributed by atoms with Crippen molar-refractivity contribution in [2.45, 2.75) is 61.4 Å². The number of rotatable bonds is 8. The van der Waals surface area contributed by atoms with Crippen LogP contribution in [0, 0.1) is 0 Å². The first-order valence-electron chi connectivity index (χ1n) is 10.0. The van der Waals surface area contributed by atoms with Crippen molar-refractivity contribution in [1.29, 1.82) is 0 Å². The van der Waals surface area contributed by atoms with E-state index in [0.29, 0.717) is 18.8 Å². The molecule has 9 heteroatoms. The van der Waals surface area contributed by atoms with Crippen molar-refractivity contribution >= 4 is 33.4 Å². The van der Waals surface area contributed by atoms with E-state index in [2.05, 4.69) is 17.2 Å². The summed E-state index contributed by atoms with van der Waals surface area (Å²) in [5.74, 6) is -0.146. The summed E-state index contributed by atoms with van der Waals surface area (Å²) in [4.78, 5) is 17.1. The van der Waals surface area contributed by atoms with Crippen molar-refractivity contribution in [3.8, 4) is 0 Å². The first-order chi connectivity index (χ1) is 13.9. The monoisotopic (exact) mass is 436 g/mol. The fourth-order valence-corrected chi connectivity index (χ4v) is 5.65. The lowest BCUT2D eigenvalue weighted by atomic mass is 10.2. The molecule has 0 aliphatic carbocycles. The average Bonchev–Trinajstić information content (AvgIpc) is 3.16. The van der Waals surface area contributed by atoms with E-state index in [9.17, 15) is 13.2 Å². The number of sulfonamides is 1. The Bertz CT molecular complexity index is 919. The second-order valence-electron chi connectivity index (χ2n) is 7.14. The molecule has 1 aromatic heterocycles. The number of imidazole rings is 1. The zero-order valence-electron chi connectivity index (χ0n) is 16.9. The number of nitrogens with zero attached hydrogens (tertiary/aromatic N) is 3. The lowest BCUT2D eigenvalue weighted by molar-refractivity contribution is -0.115. The number of carbonyl (C=O) groups excluding carboxylic acids is 1. The summed E-state index contributed by atoms with van der Waals surface area (Å²) in [6, 6.07) is 6.41. The third-order valence-electron chi connectivity index (χ3n) is 4.87. The van der Waals surface area contributed by atoms with E-state index in [1.165, 1.54) is 11.8 Å². The number of carbonyl (C=O) groups is 1. The largest absolute Gasteiger partial charge is 0.326 e. The van der Waals surface area contributed by atoms with Gasteiger partial charge in [0.05, 0.1) is 10.1 Å². The van der Waals surface area contributed by atoms with Gasteiger partial charge in [0.2, 0.25) is 15.9 Å². The summed E-state index contributed by atoms with van der Waals surface area (Å²) >= 11 is 1.41. The Balaban J connectivity index is 1.61. The third kappa shape index (κ3) is 5.40. The molecule has 0 spiro atoms. The van der Waals surface area contributed by atoms with Crippen LogP contribution in [0.25, 0.3) is 0 Å². The van der Waals surface area contributed by atoms with Crippen molar-refractivity contribution in [3.05, 3.63) is 36.7 Å². The van der Waals surface area contributed by atoms with Gasteiger partial charge in [0.15, 0.2) is 5.16 Å². The maximum atomic E-state index is 12.7. The normalized spacial score (nSPS) is 16.5. The van der Waals surface area contributed by atoms with Crippen LogP contribution in [0.1, 0.15) is 39.5 Å². The highest BCUT2D eigenvalue weighted by atomic mass is 32.2. The lowest BCUT2D eigenvalue weighted by Crippen LogP contribution is -2.35. The van der Waals surface area contributed by atoms with E-state index in [0.717, 1.165) is 37.4 Å². The summed E-state index contributed by atoms with van der Waals surface area (Å²) in [7, 11) is -3.46. The lowest BCUT2D eigenvalue weighted by Gasteiger charge is -2.25. The van der Waals surface area contributed by atoms with E-state index in [-0.39, 0.29) is 16.1 Å². The van der Waals surface area contributed by atoms with Crippen LogP contribution in [0.2, 0.25) is 0 Å². The average molecular weight is 437 g/mol. The standard InChI is InChI=1S/C20H28N4O3S2/c1-3-12-23-15-11-21-20(23)28-16(2)19(25)22-17-7-9-18(10-8-17)29(26,27)24-13-5-4-6-14-24/h7-11,15-16H,3-6,12-14H2,1-2H3,(H,22,25). The van der Waals surface area contributed by atoms with Gasteiger partial charge in [0, 0.05) is 37.7 Å². The second kappa shape index (κ2) is 9.77. The Morgan fingerprint density at radius 1 is 1.21 bits per heavy atom. The highest BCUT2D eigenvalue weighted by Gasteiger charge is 2.26. The number of hydrogen-bond acceptors (Lipinski definition) is 5. The number of benzene rings is 1. The molecule has 1 aliphatic heterocycles. The van der Waals surface area contributed by atoms with Gasteiger partial charge in [-0.2, -0.15) is 4.31 Å². The molecule has 29 heavy (non-hydrogen) atoms. The van der Waals surface area contributed by atoms with Crippen LogP contribution in [0.5, 0.6) is 0 Å². The van der Waals surface area contributed by atoms with Crippen molar-refractivity contribution in [2.75, 3.05) is 18.4 Å². The zero-order valence-corrected chi connectivity index (χ0v) is 18.5. The van der Waals surface area contributed by atoms with E-state index >= 15 is 0 Å². The third-order valence-corrected chi connectivity index (χ3v) is 7.90. The number of thioether (sulfide) groups is 1. The number of nitrogens with one attached hydrogen (secondary N) is 1. The van der Waals surface area contributed by atoms with E-state index in [1.54, 1.807) is 34.8 Å². The highest BCUT2D eigenvalue weighted by molar-refractivity contribution is 8.00. The molecule has 158 valence electrons. The van der Waals surface area contributed by atoms with Crippen LogP contribution in [-0.4, -0.2) is 46.5 Å². The number of anilines is 1. The molecule has 2 heterocycles. The van der Waals surface area contributed by atoms with E-state index in [1.807, 2.05) is 17.7 Å². The molecule has 0 bridgehead atoms.